The number of pyridine rings is 1. The molecule has 2 rings (SSSR count). The van der Waals surface area contributed by atoms with Crippen LogP contribution in [-0.2, 0) is 16.1 Å². The second kappa shape index (κ2) is 7.69. The third-order valence-electron chi connectivity index (χ3n) is 3.13. The van der Waals surface area contributed by atoms with Gasteiger partial charge < -0.3 is 14.6 Å². The van der Waals surface area contributed by atoms with Gasteiger partial charge in [-0.25, -0.2) is 9.78 Å². The number of ether oxygens (including phenoxy) is 1. The highest BCUT2D eigenvalue weighted by Crippen LogP contribution is 2.23. The average molecular weight is 347 g/mol. The van der Waals surface area contributed by atoms with Gasteiger partial charge in [-0.05, 0) is 19.9 Å². The lowest BCUT2D eigenvalue weighted by Crippen LogP contribution is -2.28. The minimum atomic E-state index is -0.513. The molecule has 0 aliphatic rings. The van der Waals surface area contributed by atoms with Crippen LogP contribution in [0.2, 0.25) is 0 Å². The van der Waals surface area contributed by atoms with Gasteiger partial charge in [0, 0.05) is 11.8 Å². The van der Waals surface area contributed by atoms with Gasteiger partial charge in [-0.15, -0.1) is 0 Å². The number of amides is 1. The molecule has 0 saturated heterocycles. The molecule has 1 amide bonds. The summed E-state index contributed by atoms with van der Waals surface area (Å²) in [5, 5.41) is 2.88. The molecule has 0 saturated carbocycles. The number of nitrogens with one attached hydrogen (secondary N) is 1. The molecular formula is C16H17N3O4S. The molecule has 24 heavy (non-hydrogen) atoms. The Hall–Kier alpha value is -2.74. The lowest BCUT2D eigenvalue weighted by Gasteiger charge is -2.08. The van der Waals surface area contributed by atoms with Gasteiger partial charge in [0.15, 0.2) is 5.13 Å². The first-order valence-electron chi connectivity index (χ1n) is 7.14. The summed E-state index contributed by atoms with van der Waals surface area (Å²) in [4.78, 5) is 40.2. The minimum absolute atomic E-state index is 0.105. The van der Waals surface area contributed by atoms with Crippen molar-refractivity contribution < 1.29 is 14.3 Å². The maximum Gasteiger partial charge on any atom is 0.350 e. The van der Waals surface area contributed by atoms with Crippen molar-refractivity contribution in [3.05, 3.63) is 57.5 Å². The standard InChI is InChI=1S/C16H17N3O4S/c1-4-8-23-15(22)14-11(3)17-16(24-14)18-12(20)9-19-10(2)6-5-7-13(19)21/h4-7H,1,8-9H2,2-3H3,(H,17,18,20). The topological polar surface area (TPSA) is 90.3 Å². The molecule has 0 aliphatic carbocycles. The molecule has 0 bridgehead atoms. The molecular weight excluding hydrogens is 330 g/mol. The number of anilines is 1. The molecule has 126 valence electrons. The zero-order valence-corrected chi connectivity index (χ0v) is 14.2. The molecule has 2 heterocycles. The third kappa shape index (κ3) is 4.17. The minimum Gasteiger partial charge on any atom is -0.457 e. The first-order valence-corrected chi connectivity index (χ1v) is 7.95. The molecule has 0 aliphatic heterocycles. The van der Waals surface area contributed by atoms with E-state index < -0.39 is 11.9 Å². The summed E-state index contributed by atoms with van der Waals surface area (Å²) >= 11 is 1.03. The van der Waals surface area contributed by atoms with Crippen molar-refractivity contribution >= 4 is 28.3 Å². The Kier molecular flexibility index (Phi) is 5.64. The normalized spacial score (nSPS) is 10.2. The van der Waals surface area contributed by atoms with E-state index >= 15 is 0 Å². The number of carbonyl (C=O) groups is 2. The second-order valence-electron chi connectivity index (χ2n) is 4.96. The van der Waals surface area contributed by atoms with Crippen LogP contribution in [0.15, 0.2) is 35.6 Å². The van der Waals surface area contributed by atoms with Gasteiger partial charge in [0.25, 0.3) is 5.56 Å². The first kappa shape index (κ1) is 17.6. The maximum atomic E-state index is 12.1. The van der Waals surface area contributed by atoms with Gasteiger partial charge in [-0.3, -0.25) is 9.59 Å². The van der Waals surface area contributed by atoms with E-state index in [0.29, 0.717) is 16.3 Å². The van der Waals surface area contributed by atoms with E-state index in [9.17, 15) is 14.4 Å². The zero-order valence-electron chi connectivity index (χ0n) is 13.4. The summed E-state index contributed by atoms with van der Waals surface area (Å²) in [6, 6.07) is 4.77. The number of aromatic nitrogens is 2. The largest absolute Gasteiger partial charge is 0.457 e. The average Bonchev–Trinajstić information content (AvgIpc) is 2.89. The van der Waals surface area contributed by atoms with Crippen LogP contribution < -0.4 is 10.9 Å². The Morgan fingerprint density at radius 3 is 2.83 bits per heavy atom. The van der Waals surface area contributed by atoms with Crippen LogP contribution in [0.1, 0.15) is 21.1 Å². The molecule has 0 aromatic carbocycles. The number of hydrogen-bond acceptors (Lipinski definition) is 6. The highest BCUT2D eigenvalue weighted by Gasteiger charge is 2.18. The predicted octanol–water partition coefficient (Wildman–Crippen LogP) is 1.90. The molecule has 0 unspecified atom stereocenters. The fourth-order valence-electron chi connectivity index (χ4n) is 1.97. The summed E-state index contributed by atoms with van der Waals surface area (Å²) in [6.45, 7) is 6.85. The van der Waals surface area contributed by atoms with E-state index in [0.717, 1.165) is 11.3 Å². The van der Waals surface area contributed by atoms with Crippen molar-refractivity contribution in [1.82, 2.24) is 9.55 Å². The number of carbonyl (C=O) groups excluding carboxylic acids is 2. The first-order chi connectivity index (χ1) is 11.4. The van der Waals surface area contributed by atoms with Gasteiger partial charge in [0.2, 0.25) is 5.91 Å². The van der Waals surface area contributed by atoms with E-state index in [1.807, 2.05) is 0 Å². The molecule has 8 heteroatoms. The van der Waals surface area contributed by atoms with Crippen molar-refractivity contribution in [1.29, 1.82) is 0 Å². The highest BCUT2D eigenvalue weighted by atomic mass is 32.1. The third-order valence-corrected chi connectivity index (χ3v) is 4.18. The van der Waals surface area contributed by atoms with Crippen LogP contribution in [0.25, 0.3) is 0 Å². The van der Waals surface area contributed by atoms with E-state index in [-0.39, 0.29) is 23.8 Å². The van der Waals surface area contributed by atoms with Crippen molar-refractivity contribution in [2.75, 3.05) is 11.9 Å². The number of hydrogen-bond donors (Lipinski definition) is 1. The molecule has 2 aromatic heterocycles. The van der Waals surface area contributed by atoms with Gasteiger partial charge in [0.05, 0.1) is 5.69 Å². The summed E-state index contributed by atoms with van der Waals surface area (Å²) in [5.74, 6) is -0.910. The van der Waals surface area contributed by atoms with Gasteiger partial charge in [-0.1, -0.05) is 30.1 Å². The Morgan fingerprint density at radius 1 is 1.42 bits per heavy atom. The fourth-order valence-corrected chi connectivity index (χ4v) is 2.84. The molecule has 0 atom stereocenters. The fraction of sp³-hybridized carbons (Fsp3) is 0.250. The summed E-state index contributed by atoms with van der Waals surface area (Å²) in [5.41, 5.74) is 0.897. The van der Waals surface area contributed by atoms with E-state index in [1.165, 1.54) is 16.7 Å². The van der Waals surface area contributed by atoms with Crippen molar-refractivity contribution in [2.24, 2.45) is 0 Å². The Labute approximate surface area is 142 Å². The van der Waals surface area contributed by atoms with Crippen LogP contribution in [0.3, 0.4) is 0 Å². The molecule has 1 N–H and O–H groups in total. The zero-order chi connectivity index (χ0) is 17.7. The summed E-state index contributed by atoms with van der Waals surface area (Å²) < 4.78 is 6.31. The van der Waals surface area contributed by atoms with Crippen LogP contribution in [0.4, 0.5) is 5.13 Å². The lowest BCUT2D eigenvalue weighted by atomic mass is 10.3. The molecule has 7 nitrogen and oxygen atoms in total. The molecule has 0 spiro atoms. The number of esters is 1. The predicted molar refractivity (Wildman–Crippen MR) is 91.4 cm³/mol. The van der Waals surface area contributed by atoms with E-state index in [4.69, 9.17) is 4.74 Å². The Bertz CT molecular complexity index is 838. The second-order valence-corrected chi connectivity index (χ2v) is 5.96. The SMILES string of the molecule is C=CCOC(=O)c1sc(NC(=O)Cn2c(C)cccc2=O)nc1C. The lowest BCUT2D eigenvalue weighted by molar-refractivity contribution is -0.116. The van der Waals surface area contributed by atoms with Crippen LogP contribution in [-0.4, -0.2) is 28.0 Å². The smallest absolute Gasteiger partial charge is 0.350 e. The number of rotatable bonds is 6. The monoisotopic (exact) mass is 347 g/mol. The van der Waals surface area contributed by atoms with Crippen molar-refractivity contribution in [2.45, 2.75) is 20.4 Å². The molecule has 0 radical (unpaired) electrons. The number of aryl methyl sites for hydroxylation is 2. The van der Waals surface area contributed by atoms with Crippen molar-refractivity contribution in [3.8, 4) is 0 Å². The highest BCUT2D eigenvalue weighted by molar-refractivity contribution is 7.17. The summed E-state index contributed by atoms with van der Waals surface area (Å²) in [6.07, 6.45) is 1.47. The molecule has 2 aromatic rings. The Balaban J connectivity index is 2.08. The van der Waals surface area contributed by atoms with Gasteiger partial charge in [-0.2, -0.15) is 0 Å². The number of nitrogens with zero attached hydrogens (tertiary/aromatic N) is 2. The summed E-state index contributed by atoms with van der Waals surface area (Å²) in [7, 11) is 0. The van der Waals surface area contributed by atoms with Crippen LogP contribution >= 0.6 is 11.3 Å². The van der Waals surface area contributed by atoms with E-state index in [2.05, 4.69) is 16.9 Å². The number of thiazole rings is 1. The van der Waals surface area contributed by atoms with Crippen molar-refractivity contribution in [3.63, 3.8) is 0 Å². The van der Waals surface area contributed by atoms with E-state index in [1.54, 1.807) is 26.0 Å². The van der Waals surface area contributed by atoms with Gasteiger partial charge in [0.1, 0.15) is 18.0 Å². The Morgan fingerprint density at radius 2 is 2.17 bits per heavy atom. The molecule has 0 fully saturated rings. The quantitative estimate of drug-likeness (QED) is 0.637. The maximum absolute atomic E-state index is 12.1. The van der Waals surface area contributed by atoms with Crippen LogP contribution in [0.5, 0.6) is 0 Å². The van der Waals surface area contributed by atoms with Crippen LogP contribution in [0, 0.1) is 13.8 Å². The van der Waals surface area contributed by atoms with Gasteiger partial charge >= 0.3 is 5.97 Å².